The van der Waals surface area contributed by atoms with E-state index in [0.717, 1.165) is 16.1 Å². The monoisotopic (exact) mass is 330 g/mol. The summed E-state index contributed by atoms with van der Waals surface area (Å²) in [7, 11) is 1.80. The second-order valence-corrected chi connectivity index (χ2v) is 6.77. The molecular formula is C19H23ClN2O. The molecule has 0 heterocycles. The van der Waals surface area contributed by atoms with E-state index in [1.807, 2.05) is 54.6 Å². The van der Waals surface area contributed by atoms with Crippen LogP contribution >= 0.6 is 11.6 Å². The van der Waals surface area contributed by atoms with E-state index in [-0.39, 0.29) is 11.4 Å². The van der Waals surface area contributed by atoms with Gasteiger partial charge < -0.3 is 10.2 Å². The van der Waals surface area contributed by atoms with Crippen molar-refractivity contribution in [1.29, 1.82) is 0 Å². The summed E-state index contributed by atoms with van der Waals surface area (Å²) in [6.07, 6.45) is 0. The third-order valence-corrected chi connectivity index (χ3v) is 4.22. The summed E-state index contributed by atoms with van der Waals surface area (Å²) >= 11 is 6.27. The van der Waals surface area contributed by atoms with Crippen molar-refractivity contribution in [3.63, 3.8) is 0 Å². The molecule has 3 nitrogen and oxygen atoms in total. The number of nitrogens with zero attached hydrogens (tertiary/aromatic N) is 1. The first-order chi connectivity index (χ1) is 10.9. The molecule has 2 aromatic carbocycles. The van der Waals surface area contributed by atoms with E-state index in [1.165, 1.54) is 0 Å². The van der Waals surface area contributed by atoms with Gasteiger partial charge in [0.05, 0.1) is 0 Å². The number of rotatable bonds is 5. The van der Waals surface area contributed by atoms with E-state index >= 15 is 0 Å². The molecule has 0 radical (unpaired) electrons. The highest BCUT2D eigenvalue weighted by Crippen LogP contribution is 2.29. The molecule has 0 aliphatic heterocycles. The van der Waals surface area contributed by atoms with Crippen molar-refractivity contribution < 1.29 is 4.79 Å². The van der Waals surface area contributed by atoms with Gasteiger partial charge in [-0.25, -0.2) is 4.79 Å². The zero-order valence-electron chi connectivity index (χ0n) is 13.8. The predicted octanol–water partition coefficient (Wildman–Crippen LogP) is 4.46. The summed E-state index contributed by atoms with van der Waals surface area (Å²) in [5.41, 5.74) is 1.91. The highest BCUT2D eigenvalue weighted by molar-refractivity contribution is 6.31. The van der Waals surface area contributed by atoms with Crippen molar-refractivity contribution in [3.8, 4) is 0 Å². The van der Waals surface area contributed by atoms with E-state index in [1.54, 1.807) is 11.9 Å². The molecule has 1 N–H and O–H groups in total. The van der Waals surface area contributed by atoms with E-state index in [2.05, 4.69) is 19.2 Å². The van der Waals surface area contributed by atoms with Gasteiger partial charge in [-0.1, -0.05) is 74.0 Å². The van der Waals surface area contributed by atoms with Crippen LogP contribution in [0, 0.1) is 0 Å². The lowest BCUT2D eigenvalue weighted by atomic mass is 9.84. The molecule has 0 aromatic heterocycles. The number of carbonyl (C=O) groups is 1. The van der Waals surface area contributed by atoms with E-state index in [4.69, 9.17) is 11.6 Å². The molecule has 0 bridgehead atoms. The minimum Gasteiger partial charge on any atom is -0.337 e. The summed E-state index contributed by atoms with van der Waals surface area (Å²) in [6, 6.07) is 17.6. The number of hydrogen-bond acceptors (Lipinski definition) is 1. The summed E-state index contributed by atoms with van der Waals surface area (Å²) in [4.78, 5) is 14.0. The third kappa shape index (κ3) is 4.73. The number of nitrogens with one attached hydrogen (secondary N) is 1. The summed E-state index contributed by atoms with van der Waals surface area (Å²) in [6.45, 7) is 5.26. The smallest absolute Gasteiger partial charge is 0.317 e. The predicted molar refractivity (Wildman–Crippen MR) is 95.8 cm³/mol. The number of carbonyl (C=O) groups excluding carboxylic acids is 1. The zero-order valence-corrected chi connectivity index (χ0v) is 14.6. The van der Waals surface area contributed by atoms with E-state index < -0.39 is 0 Å². The Balaban J connectivity index is 1.94. The van der Waals surface area contributed by atoms with Crippen LogP contribution in [-0.2, 0) is 12.0 Å². The normalized spacial score (nSPS) is 11.1. The fourth-order valence-electron chi connectivity index (χ4n) is 2.47. The van der Waals surface area contributed by atoms with Gasteiger partial charge in [0.25, 0.3) is 0 Å². The van der Waals surface area contributed by atoms with Crippen LogP contribution in [0.5, 0.6) is 0 Å². The van der Waals surface area contributed by atoms with E-state index in [9.17, 15) is 4.79 Å². The van der Waals surface area contributed by atoms with Crippen molar-refractivity contribution in [2.75, 3.05) is 13.6 Å². The van der Waals surface area contributed by atoms with Gasteiger partial charge >= 0.3 is 6.03 Å². The molecule has 0 aliphatic rings. The molecule has 0 saturated heterocycles. The minimum absolute atomic E-state index is 0.0889. The van der Waals surface area contributed by atoms with Crippen molar-refractivity contribution in [2.24, 2.45) is 0 Å². The SMILES string of the molecule is CN(Cc1ccccc1)C(=O)NCC(C)(C)c1ccccc1Cl. The molecule has 4 heteroatoms. The summed E-state index contributed by atoms with van der Waals surface area (Å²) in [5.74, 6) is 0. The van der Waals surface area contributed by atoms with Crippen LogP contribution in [0.1, 0.15) is 25.0 Å². The maximum atomic E-state index is 12.3. The maximum Gasteiger partial charge on any atom is 0.317 e. The van der Waals surface area contributed by atoms with Crippen molar-refractivity contribution >= 4 is 17.6 Å². The molecule has 122 valence electrons. The molecule has 2 aromatic rings. The Labute approximate surface area is 143 Å². The highest BCUT2D eigenvalue weighted by Gasteiger charge is 2.24. The van der Waals surface area contributed by atoms with Gasteiger partial charge in [-0.15, -0.1) is 0 Å². The van der Waals surface area contributed by atoms with Gasteiger partial charge in [-0.05, 0) is 17.2 Å². The first-order valence-electron chi connectivity index (χ1n) is 7.68. The van der Waals surface area contributed by atoms with Gasteiger partial charge in [-0.3, -0.25) is 0 Å². The Hall–Kier alpha value is -2.00. The standard InChI is InChI=1S/C19H23ClN2O/c1-19(2,16-11-7-8-12-17(16)20)14-21-18(23)22(3)13-15-9-5-4-6-10-15/h4-12H,13-14H2,1-3H3,(H,21,23). The van der Waals surface area contributed by atoms with Crippen molar-refractivity contribution in [1.82, 2.24) is 10.2 Å². The van der Waals surface area contributed by atoms with Crippen LogP contribution in [0.2, 0.25) is 5.02 Å². The Morgan fingerprint density at radius 3 is 2.35 bits per heavy atom. The maximum absolute atomic E-state index is 12.3. The fourth-order valence-corrected chi connectivity index (χ4v) is 2.86. The van der Waals surface area contributed by atoms with Gasteiger partial charge in [0.15, 0.2) is 0 Å². The molecular weight excluding hydrogens is 308 g/mol. The second-order valence-electron chi connectivity index (χ2n) is 6.36. The lowest BCUT2D eigenvalue weighted by Gasteiger charge is -2.28. The first-order valence-corrected chi connectivity index (χ1v) is 8.06. The van der Waals surface area contributed by atoms with Crippen LogP contribution < -0.4 is 5.32 Å². The molecule has 0 unspecified atom stereocenters. The molecule has 2 rings (SSSR count). The summed E-state index contributed by atoms with van der Waals surface area (Å²) < 4.78 is 0. The van der Waals surface area contributed by atoms with Crippen molar-refractivity contribution in [2.45, 2.75) is 25.8 Å². The van der Waals surface area contributed by atoms with Crippen LogP contribution in [0.4, 0.5) is 4.79 Å². The molecule has 0 spiro atoms. The van der Waals surface area contributed by atoms with Gasteiger partial charge in [0, 0.05) is 30.6 Å². The van der Waals surface area contributed by atoms with E-state index in [0.29, 0.717) is 13.1 Å². The number of urea groups is 1. The number of halogens is 1. The number of benzene rings is 2. The molecule has 2 amide bonds. The highest BCUT2D eigenvalue weighted by atomic mass is 35.5. The number of hydrogen-bond donors (Lipinski definition) is 1. The second kappa shape index (κ2) is 7.51. The molecule has 23 heavy (non-hydrogen) atoms. The Bertz CT molecular complexity index is 655. The van der Waals surface area contributed by atoms with Crippen LogP contribution in [0.3, 0.4) is 0 Å². The first kappa shape index (κ1) is 17.4. The largest absolute Gasteiger partial charge is 0.337 e. The Morgan fingerprint density at radius 1 is 1.09 bits per heavy atom. The average Bonchev–Trinajstić information content (AvgIpc) is 2.54. The van der Waals surface area contributed by atoms with Crippen LogP contribution in [-0.4, -0.2) is 24.5 Å². The molecule has 0 saturated carbocycles. The topological polar surface area (TPSA) is 32.3 Å². The molecule has 0 fully saturated rings. The van der Waals surface area contributed by atoms with Crippen LogP contribution in [0.15, 0.2) is 54.6 Å². The third-order valence-electron chi connectivity index (χ3n) is 3.89. The fraction of sp³-hybridized carbons (Fsp3) is 0.316. The van der Waals surface area contributed by atoms with Gasteiger partial charge in [0.2, 0.25) is 0 Å². The van der Waals surface area contributed by atoms with Gasteiger partial charge in [0.1, 0.15) is 0 Å². The number of amides is 2. The van der Waals surface area contributed by atoms with Crippen LogP contribution in [0.25, 0.3) is 0 Å². The lowest BCUT2D eigenvalue weighted by molar-refractivity contribution is 0.204. The lowest BCUT2D eigenvalue weighted by Crippen LogP contribution is -2.43. The average molecular weight is 331 g/mol. The zero-order chi connectivity index (χ0) is 16.9. The van der Waals surface area contributed by atoms with Gasteiger partial charge in [-0.2, -0.15) is 0 Å². The quantitative estimate of drug-likeness (QED) is 0.862. The summed E-state index contributed by atoms with van der Waals surface area (Å²) in [5, 5.41) is 3.72. The molecule has 0 aliphatic carbocycles. The Morgan fingerprint density at radius 2 is 1.70 bits per heavy atom. The molecule has 0 atom stereocenters. The minimum atomic E-state index is -0.235. The van der Waals surface area contributed by atoms with Crippen molar-refractivity contribution in [3.05, 3.63) is 70.7 Å². The Kier molecular flexibility index (Phi) is 5.67.